The van der Waals surface area contributed by atoms with Crippen molar-refractivity contribution in [1.29, 1.82) is 0 Å². The molecule has 0 fully saturated rings. The number of aryl methyl sites for hydroxylation is 1. The summed E-state index contributed by atoms with van der Waals surface area (Å²) in [5, 5.41) is 7.97. The predicted octanol–water partition coefficient (Wildman–Crippen LogP) is 2.57. The van der Waals surface area contributed by atoms with Gasteiger partial charge in [-0.15, -0.1) is 10.2 Å². The van der Waals surface area contributed by atoms with E-state index in [2.05, 4.69) is 14.9 Å². The third-order valence-electron chi connectivity index (χ3n) is 3.74. The number of rotatable bonds is 7. The summed E-state index contributed by atoms with van der Waals surface area (Å²) in [6, 6.07) is 14.0. The van der Waals surface area contributed by atoms with Gasteiger partial charge in [-0.25, -0.2) is 13.1 Å². The first-order valence-corrected chi connectivity index (χ1v) is 9.50. The Balaban J connectivity index is 1.65. The lowest BCUT2D eigenvalue weighted by atomic mass is 10.2. The van der Waals surface area contributed by atoms with E-state index < -0.39 is 10.0 Å². The van der Waals surface area contributed by atoms with Crippen LogP contribution in [0.25, 0.3) is 11.5 Å². The van der Waals surface area contributed by atoms with Crippen LogP contribution < -0.4 is 9.46 Å². The summed E-state index contributed by atoms with van der Waals surface area (Å²) >= 11 is 0. The molecule has 0 saturated carbocycles. The molecule has 3 rings (SSSR count). The molecule has 0 unspecified atom stereocenters. The number of nitrogens with one attached hydrogen (secondary N) is 1. The minimum absolute atomic E-state index is 0.157. The third-order valence-corrected chi connectivity index (χ3v) is 5.19. The van der Waals surface area contributed by atoms with E-state index in [0.717, 1.165) is 5.56 Å². The Morgan fingerprint density at radius 2 is 1.92 bits per heavy atom. The number of benzene rings is 2. The highest BCUT2D eigenvalue weighted by Crippen LogP contribution is 2.28. The van der Waals surface area contributed by atoms with Crippen molar-refractivity contribution < 1.29 is 17.6 Å². The minimum atomic E-state index is -3.57. The number of nitrogens with zero attached hydrogens (tertiary/aromatic N) is 2. The third kappa shape index (κ3) is 4.09. The Morgan fingerprint density at radius 3 is 2.69 bits per heavy atom. The highest BCUT2D eigenvalue weighted by Gasteiger charge is 2.16. The van der Waals surface area contributed by atoms with Crippen molar-refractivity contribution in [2.45, 2.75) is 18.2 Å². The predicted molar refractivity (Wildman–Crippen MR) is 96.4 cm³/mol. The zero-order chi connectivity index (χ0) is 18.6. The second-order valence-corrected chi connectivity index (χ2v) is 7.43. The van der Waals surface area contributed by atoms with Crippen molar-refractivity contribution in [1.82, 2.24) is 14.9 Å². The molecule has 0 spiro atoms. The van der Waals surface area contributed by atoms with Gasteiger partial charge >= 0.3 is 0 Å². The zero-order valence-electron chi connectivity index (χ0n) is 14.5. The van der Waals surface area contributed by atoms with Crippen LogP contribution >= 0.6 is 0 Å². The van der Waals surface area contributed by atoms with Crippen LogP contribution in [0.3, 0.4) is 0 Å². The van der Waals surface area contributed by atoms with Gasteiger partial charge in [0.2, 0.25) is 15.9 Å². The summed E-state index contributed by atoms with van der Waals surface area (Å²) in [5.41, 5.74) is 1.57. The van der Waals surface area contributed by atoms with Crippen LogP contribution in [0.1, 0.15) is 11.5 Å². The van der Waals surface area contributed by atoms with Crippen LogP contribution in [-0.4, -0.2) is 32.3 Å². The molecule has 0 bridgehead atoms. The van der Waals surface area contributed by atoms with E-state index in [1.54, 1.807) is 31.4 Å². The summed E-state index contributed by atoms with van der Waals surface area (Å²) < 4.78 is 38.0. The summed E-state index contributed by atoms with van der Waals surface area (Å²) in [5.74, 6) is 1.31. The summed E-state index contributed by atoms with van der Waals surface area (Å²) in [7, 11) is -2.00. The van der Waals surface area contributed by atoms with Gasteiger partial charge < -0.3 is 9.15 Å². The number of hydrogen-bond donors (Lipinski definition) is 1. The van der Waals surface area contributed by atoms with Gasteiger partial charge in [0.05, 0.1) is 17.6 Å². The maximum atomic E-state index is 12.3. The molecular formula is C18H19N3O4S. The van der Waals surface area contributed by atoms with Crippen molar-refractivity contribution in [2.24, 2.45) is 0 Å². The number of aromatic nitrogens is 2. The van der Waals surface area contributed by atoms with E-state index in [1.807, 2.05) is 31.2 Å². The number of methoxy groups -OCH3 is 1. The molecule has 26 heavy (non-hydrogen) atoms. The molecule has 2 aromatic carbocycles. The van der Waals surface area contributed by atoms with Crippen LogP contribution in [0, 0.1) is 6.92 Å². The minimum Gasteiger partial charge on any atom is -0.496 e. The highest BCUT2D eigenvalue weighted by atomic mass is 32.2. The highest BCUT2D eigenvalue weighted by molar-refractivity contribution is 7.89. The number of ether oxygens (including phenoxy) is 1. The molecule has 8 heteroatoms. The van der Waals surface area contributed by atoms with E-state index in [1.165, 1.54) is 0 Å². The molecular weight excluding hydrogens is 354 g/mol. The molecule has 3 aromatic rings. The van der Waals surface area contributed by atoms with Crippen LogP contribution in [0.15, 0.2) is 57.8 Å². The van der Waals surface area contributed by atoms with Crippen LogP contribution in [0.4, 0.5) is 0 Å². The van der Waals surface area contributed by atoms with Gasteiger partial charge in [0.15, 0.2) is 0 Å². The van der Waals surface area contributed by atoms with Crippen molar-refractivity contribution in [3.8, 4) is 17.2 Å². The fourth-order valence-electron chi connectivity index (χ4n) is 2.44. The summed E-state index contributed by atoms with van der Waals surface area (Å²) in [6.07, 6.45) is 0.285. The molecule has 0 aliphatic rings. The average Bonchev–Trinajstić information content (AvgIpc) is 3.10. The van der Waals surface area contributed by atoms with E-state index in [-0.39, 0.29) is 17.9 Å². The van der Waals surface area contributed by atoms with Crippen LogP contribution in [0.2, 0.25) is 0 Å². The van der Waals surface area contributed by atoms with Gasteiger partial charge in [-0.2, -0.15) is 0 Å². The van der Waals surface area contributed by atoms with Gasteiger partial charge in [-0.1, -0.05) is 24.3 Å². The molecule has 0 aliphatic carbocycles. The van der Waals surface area contributed by atoms with Gasteiger partial charge in [0, 0.05) is 13.0 Å². The largest absolute Gasteiger partial charge is 0.496 e. The van der Waals surface area contributed by atoms with Crippen molar-refractivity contribution in [3.63, 3.8) is 0 Å². The molecule has 0 atom stereocenters. The SMILES string of the molecule is COc1ccccc1-c1nnc(CCNS(=O)(=O)c2cccc(C)c2)o1. The summed E-state index contributed by atoms with van der Waals surface area (Å²) in [4.78, 5) is 0.234. The van der Waals surface area contributed by atoms with Crippen molar-refractivity contribution >= 4 is 10.0 Å². The fourth-order valence-corrected chi connectivity index (χ4v) is 3.58. The van der Waals surface area contributed by atoms with Gasteiger partial charge in [0.1, 0.15) is 5.75 Å². The Kier molecular flexibility index (Phi) is 5.34. The van der Waals surface area contributed by atoms with Gasteiger partial charge in [0.25, 0.3) is 5.89 Å². The molecule has 136 valence electrons. The first kappa shape index (κ1) is 18.1. The van der Waals surface area contributed by atoms with E-state index in [0.29, 0.717) is 23.1 Å². The Labute approximate surface area is 152 Å². The fraction of sp³-hybridized carbons (Fsp3) is 0.222. The van der Waals surface area contributed by atoms with Gasteiger partial charge in [-0.05, 0) is 36.8 Å². The smallest absolute Gasteiger partial charge is 0.251 e. The molecule has 1 heterocycles. The monoisotopic (exact) mass is 373 g/mol. The average molecular weight is 373 g/mol. The first-order chi connectivity index (χ1) is 12.5. The molecule has 0 saturated heterocycles. The molecule has 0 radical (unpaired) electrons. The maximum absolute atomic E-state index is 12.3. The quantitative estimate of drug-likeness (QED) is 0.684. The second-order valence-electron chi connectivity index (χ2n) is 5.67. The van der Waals surface area contributed by atoms with Gasteiger partial charge in [-0.3, -0.25) is 0 Å². The van der Waals surface area contributed by atoms with Crippen molar-refractivity contribution in [3.05, 3.63) is 60.0 Å². The van der Waals surface area contributed by atoms with E-state index in [4.69, 9.17) is 9.15 Å². The normalized spacial score (nSPS) is 11.5. The summed E-state index contributed by atoms with van der Waals surface area (Å²) in [6.45, 7) is 2.00. The Bertz CT molecular complexity index is 999. The molecule has 0 amide bonds. The lowest BCUT2D eigenvalue weighted by Crippen LogP contribution is -2.26. The second kappa shape index (κ2) is 7.67. The number of para-hydroxylation sites is 1. The Hall–Kier alpha value is -2.71. The standard InChI is InChI=1S/C18H19N3O4S/c1-13-6-5-7-14(12-13)26(22,23)19-11-10-17-20-21-18(25-17)15-8-3-4-9-16(15)24-2/h3-9,12,19H,10-11H2,1-2H3. The molecule has 1 N–H and O–H groups in total. The first-order valence-electron chi connectivity index (χ1n) is 8.02. The van der Waals surface area contributed by atoms with Crippen molar-refractivity contribution in [2.75, 3.05) is 13.7 Å². The number of sulfonamides is 1. The maximum Gasteiger partial charge on any atom is 0.251 e. The lowest BCUT2D eigenvalue weighted by Gasteiger charge is -2.06. The Morgan fingerprint density at radius 1 is 1.12 bits per heavy atom. The molecule has 7 nitrogen and oxygen atoms in total. The van der Waals surface area contributed by atoms with E-state index in [9.17, 15) is 8.42 Å². The number of hydrogen-bond acceptors (Lipinski definition) is 6. The lowest BCUT2D eigenvalue weighted by molar-refractivity contribution is 0.413. The zero-order valence-corrected chi connectivity index (χ0v) is 15.3. The van der Waals surface area contributed by atoms with Crippen LogP contribution in [0.5, 0.6) is 5.75 Å². The van der Waals surface area contributed by atoms with E-state index >= 15 is 0 Å². The van der Waals surface area contributed by atoms with Crippen LogP contribution in [-0.2, 0) is 16.4 Å². The molecule has 1 aromatic heterocycles. The topological polar surface area (TPSA) is 94.3 Å². The molecule has 0 aliphatic heterocycles.